The number of rotatable bonds is 6. The van der Waals surface area contributed by atoms with Crippen molar-refractivity contribution in [3.05, 3.63) is 35.4 Å². The van der Waals surface area contributed by atoms with Crippen LogP contribution < -0.4 is 0 Å². The molecule has 1 saturated heterocycles. The smallest absolute Gasteiger partial charge is 0.224 e. The van der Waals surface area contributed by atoms with E-state index in [0.29, 0.717) is 31.6 Å². The maximum Gasteiger partial charge on any atom is 0.224 e. The van der Waals surface area contributed by atoms with Gasteiger partial charge >= 0.3 is 0 Å². The van der Waals surface area contributed by atoms with Crippen molar-refractivity contribution in [2.45, 2.75) is 32.2 Å². The summed E-state index contributed by atoms with van der Waals surface area (Å²) in [6.45, 7) is 6.85. The van der Waals surface area contributed by atoms with Crippen molar-refractivity contribution in [1.29, 1.82) is 0 Å². The van der Waals surface area contributed by atoms with E-state index in [1.54, 1.807) is 0 Å². The summed E-state index contributed by atoms with van der Waals surface area (Å²) in [4.78, 5) is 16.6. The van der Waals surface area contributed by atoms with Gasteiger partial charge in [-0.2, -0.15) is 0 Å². The van der Waals surface area contributed by atoms with Crippen molar-refractivity contribution in [2.24, 2.45) is 0 Å². The molecular weight excluding hydrogens is 276 g/mol. The fourth-order valence-electron chi connectivity index (χ4n) is 3.12. The standard InChI is InChI=1S/C18H28N2O2/c1-5-22-11-10-18(21)20-12-16(17(13-20)19(3)4)15-8-6-14(2)7-9-15/h6-9,16-17H,5,10-13H2,1-4H3/t16-,17+/m0/s1. The lowest BCUT2D eigenvalue weighted by molar-refractivity contribution is -0.131. The quantitative estimate of drug-likeness (QED) is 0.756. The maximum absolute atomic E-state index is 12.3. The second-order valence-electron chi connectivity index (χ2n) is 6.29. The molecule has 2 rings (SSSR count). The molecule has 0 N–H and O–H groups in total. The number of benzene rings is 1. The Balaban J connectivity index is 2.06. The first-order valence-electron chi connectivity index (χ1n) is 8.11. The summed E-state index contributed by atoms with van der Waals surface area (Å²) in [7, 11) is 4.19. The van der Waals surface area contributed by atoms with E-state index >= 15 is 0 Å². The molecule has 1 fully saturated rings. The lowest BCUT2D eigenvalue weighted by atomic mass is 9.93. The zero-order valence-corrected chi connectivity index (χ0v) is 14.2. The van der Waals surface area contributed by atoms with Crippen molar-refractivity contribution >= 4 is 5.91 Å². The summed E-state index contributed by atoms with van der Waals surface area (Å²) in [5, 5.41) is 0. The van der Waals surface area contributed by atoms with Crippen LogP contribution >= 0.6 is 0 Å². The van der Waals surface area contributed by atoms with Crippen LogP contribution in [0.15, 0.2) is 24.3 Å². The molecule has 1 amide bonds. The molecule has 0 spiro atoms. The fraction of sp³-hybridized carbons (Fsp3) is 0.611. The summed E-state index contributed by atoms with van der Waals surface area (Å²) in [6, 6.07) is 9.08. The van der Waals surface area contributed by atoms with Gasteiger partial charge in [0.1, 0.15) is 0 Å². The third-order valence-electron chi connectivity index (χ3n) is 4.47. The number of nitrogens with zero attached hydrogens (tertiary/aromatic N) is 2. The maximum atomic E-state index is 12.3. The zero-order chi connectivity index (χ0) is 16.1. The third kappa shape index (κ3) is 4.08. The van der Waals surface area contributed by atoms with Gasteiger partial charge in [0.25, 0.3) is 0 Å². The Morgan fingerprint density at radius 2 is 1.95 bits per heavy atom. The van der Waals surface area contributed by atoms with E-state index in [2.05, 4.69) is 50.2 Å². The number of hydrogen-bond donors (Lipinski definition) is 0. The van der Waals surface area contributed by atoms with Crippen LogP contribution in [0.4, 0.5) is 0 Å². The van der Waals surface area contributed by atoms with E-state index in [4.69, 9.17) is 4.74 Å². The average Bonchev–Trinajstić information content (AvgIpc) is 2.93. The van der Waals surface area contributed by atoms with Gasteiger partial charge in [-0.15, -0.1) is 0 Å². The summed E-state index contributed by atoms with van der Waals surface area (Å²) < 4.78 is 5.30. The van der Waals surface area contributed by atoms with Crippen LogP contribution in [0, 0.1) is 6.92 Å². The van der Waals surface area contributed by atoms with Gasteiger partial charge in [-0.3, -0.25) is 4.79 Å². The van der Waals surface area contributed by atoms with Crippen LogP contribution in [0.1, 0.15) is 30.4 Å². The first-order valence-corrected chi connectivity index (χ1v) is 8.11. The first kappa shape index (κ1) is 17.0. The largest absolute Gasteiger partial charge is 0.381 e. The van der Waals surface area contributed by atoms with E-state index < -0.39 is 0 Å². The molecule has 1 aliphatic heterocycles. The number of hydrogen-bond acceptors (Lipinski definition) is 3. The van der Waals surface area contributed by atoms with Gasteiger partial charge in [0.05, 0.1) is 13.0 Å². The number of carbonyl (C=O) groups excluding carboxylic acids is 1. The molecule has 0 radical (unpaired) electrons. The average molecular weight is 304 g/mol. The highest BCUT2D eigenvalue weighted by atomic mass is 16.5. The number of amides is 1. The summed E-state index contributed by atoms with van der Waals surface area (Å²) in [5.41, 5.74) is 2.59. The van der Waals surface area contributed by atoms with Crippen molar-refractivity contribution < 1.29 is 9.53 Å². The monoisotopic (exact) mass is 304 g/mol. The van der Waals surface area contributed by atoms with Crippen molar-refractivity contribution in [1.82, 2.24) is 9.80 Å². The van der Waals surface area contributed by atoms with E-state index in [-0.39, 0.29) is 5.91 Å². The second kappa shape index (κ2) is 7.75. The lowest BCUT2D eigenvalue weighted by Crippen LogP contribution is -2.36. The first-order chi connectivity index (χ1) is 10.5. The highest BCUT2D eigenvalue weighted by molar-refractivity contribution is 5.76. The van der Waals surface area contributed by atoms with Crippen molar-refractivity contribution in [3.8, 4) is 0 Å². The number of likely N-dealkylation sites (tertiary alicyclic amines) is 1. The SMILES string of the molecule is CCOCCC(=O)N1C[C@@H](N(C)C)[C@H](c2ccc(C)cc2)C1. The third-order valence-corrected chi connectivity index (χ3v) is 4.47. The molecular formula is C18H28N2O2. The van der Waals surface area contributed by atoms with E-state index in [1.807, 2.05) is 11.8 Å². The van der Waals surface area contributed by atoms with Crippen LogP contribution in [-0.2, 0) is 9.53 Å². The summed E-state index contributed by atoms with van der Waals surface area (Å²) >= 11 is 0. The van der Waals surface area contributed by atoms with Crippen LogP contribution in [0.2, 0.25) is 0 Å². The second-order valence-corrected chi connectivity index (χ2v) is 6.29. The highest BCUT2D eigenvalue weighted by Crippen LogP contribution is 2.30. The van der Waals surface area contributed by atoms with Gasteiger partial charge in [0, 0.05) is 31.7 Å². The minimum absolute atomic E-state index is 0.204. The Bertz CT molecular complexity index is 484. The predicted molar refractivity (Wildman–Crippen MR) is 89.1 cm³/mol. The van der Waals surface area contributed by atoms with Gasteiger partial charge in [0.2, 0.25) is 5.91 Å². The van der Waals surface area contributed by atoms with E-state index in [0.717, 1.165) is 13.1 Å². The van der Waals surface area contributed by atoms with Crippen LogP contribution in [0.3, 0.4) is 0 Å². The van der Waals surface area contributed by atoms with Crippen LogP contribution in [0.25, 0.3) is 0 Å². The molecule has 2 atom stereocenters. The Morgan fingerprint density at radius 3 is 2.55 bits per heavy atom. The Kier molecular flexibility index (Phi) is 5.98. The highest BCUT2D eigenvalue weighted by Gasteiger charge is 2.36. The predicted octanol–water partition coefficient (Wildman–Crippen LogP) is 2.28. The van der Waals surface area contributed by atoms with Crippen LogP contribution in [0.5, 0.6) is 0 Å². The molecule has 0 aliphatic carbocycles. The Labute approximate surface area is 134 Å². The number of carbonyl (C=O) groups is 1. The molecule has 1 aromatic rings. The summed E-state index contributed by atoms with van der Waals surface area (Å²) in [6.07, 6.45) is 0.481. The number of aryl methyl sites for hydroxylation is 1. The molecule has 1 heterocycles. The molecule has 1 aliphatic rings. The molecule has 4 heteroatoms. The molecule has 4 nitrogen and oxygen atoms in total. The van der Waals surface area contributed by atoms with E-state index in [1.165, 1.54) is 11.1 Å². The number of ether oxygens (including phenoxy) is 1. The minimum Gasteiger partial charge on any atom is -0.381 e. The Hall–Kier alpha value is -1.39. The van der Waals surface area contributed by atoms with Gasteiger partial charge in [0.15, 0.2) is 0 Å². The summed E-state index contributed by atoms with van der Waals surface area (Å²) in [5.74, 6) is 0.585. The van der Waals surface area contributed by atoms with Crippen molar-refractivity contribution in [2.75, 3.05) is 40.4 Å². The van der Waals surface area contributed by atoms with Gasteiger partial charge in [-0.1, -0.05) is 29.8 Å². The normalized spacial score (nSPS) is 21.6. The van der Waals surface area contributed by atoms with E-state index in [9.17, 15) is 4.79 Å². The molecule has 0 aromatic heterocycles. The van der Waals surface area contributed by atoms with Gasteiger partial charge in [-0.25, -0.2) is 0 Å². The van der Waals surface area contributed by atoms with Crippen LogP contribution in [-0.4, -0.2) is 62.1 Å². The zero-order valence-electron chi connectivity index (χ0n) is 14.2. The molecule has 0 unspecified atom stereocenters. The molecule has 0 bridgehead atoms. The topological polar surface area (TPSA) is 32.8 Å². The molecule has 122 valence electrons. The molecule has 0 saturated carbocycles. The lowest BCUT2D eigenvalue weighted by Gasteiger charge is -2.25. The minimum atomic E-state index is 0.204. The Morgan fingerprint density at radius 1 is 1.27 bits per heavy atom. The molecule has 22 heavy (non-hydrogen) atoms. The molecule has 1 aromatic carbocycles. The number of likely N-dealkylation sites (N-methyl/N-ethyl adjacent to an activating group) is 1. The van der Waals surface area contributed by atoms with Gasteiger partial charge < -0.3 is 14.5 Å². The fourth-order valence-corrected chi connectivity index (χ4v) is 3.12. The van der Waals surface area contributed by atoms with Gasteiger partial charge in [-0.05, 0) is 33.5 Å². The van der Waals surface area contributed by atoms with Crippen molar-refractivity contribution in [3.63, 3.8) is 0 Å².